The molecule has 2 atom stereocenters. The molecule has 12 heavy (non-hydrogen) atoms. The SMILES string of the molecule is COCCCCC1CCCC1Br. The van der Waals surface area contributed by atoms with Crippen LogP contribution in [0, 0.1) is 5.92 Å². The van der Waals surface area contributed by atoms with Crippen molar-refractivity contribution in [2.45, 2.75) is 43.4 Å². The van der Waals surface area contributed by atoms with Gasteiger partial charge in [-0.3, -0.25) is 0 Å². The molecule has 0 aliphatic heterocycles. The first kappa shape index (κ1) is 10.5. The molecule has 0 aromatic heterocycles. The second-order valence-corrected chi connectivity index (χ2v) is 4.87. The molecule has 0 aromatic rings. The summed E-state index contributed by atoms with van der Waals surface area (Å²) in [6.07, 6.45) is 8.19. The summed E-state index contributed by atoms with van der Waals surface area (Å²) in [5, 5.41) is 0. The number of hydrogen-bond acceptors (Lipinski definition) is 1. The Morgan fingerprint density at radius 1 is 1.33 bits per heavy atom. The van der Waals surface area contributed by atoms with Gasteiger partial charge in [0.2, 0.25) is 0 Å². The molecule has 0 spiro atoms. The zero-order valence-corrected chi connectivity index (χ0v) is 9.48. The molecule has 1 nitrogen and oxygen atoms in total. The molecule has 2 unspecified atom stereocenters. The first-order valence-electron chi connectivity index (χ1n) is 4.97. The van der Waals surface area contributed by atoms with Crippen molar-refractivity contribution >= 4 is 15.9 Å². The smallest absolute Gasteiger partial charge is 0.0462 e. The van der Waals surface area contributed by atoms with Crippen molar-refractivity contribution in [3.63, 3.8) is 0 Å². The number of rotatable bonds is 5. The molecule has 0 aromatic carbocycles. The molecule has 0 saturated heterocycles. The number of methoxy groups -OCH3 is 1. The van der Waals surface area contributed by atoms with Crippen LogP contribution in [-0.4, -0.2) is 18.5 Å². The average Bonchev–Trinajstić information content (AvgIpc) is 2.46. The van der Waals surface area contributed by atoms with Gasteiger partial charge in [-0.05, 0) is 31.6 Å². The number of unbranched alkanes of at least 4 members (excludes halogenated alkanes) is 1. The lowest BCUT2D eigenvalue weighted by Crippen LogP contribution is -2.06. The minimum atomic E-state index is 0.806. The molecular formula is C10H19BrO. The Labute approximate surface area is 84.0 Å². The summed E-state index contributed by atoms with van der Waals surface area (Å²) in [4.78, 5) is 0.806. The number of hydrogen-bond donors (Lipinski definition) is 0. The van der Waals surface area contributed by atoms with Crippen LogP contribution in [0.1, 0.15) is 38.5 Å². The molecule has 1 aliphatic rings. The average molecular weight is 235 g/mol. The third-order valence-corrected chi connectivity index (χ3v) is 3.95. The van der Waals surface area contributed by atoms with E-state index in [0.717, 1.165) is 17.4 Å². The second kappa shape index (κ2) is 5.98. The van der Waals surface area contributed by atoms with Gasteiger partial charge < -0.3 is 4.74 Å². The van der Waals surface area contributed by atoms with Crippen molar-refractivity contribution in [2.75, 3.05) is 13.7 Å². The summed E-state index contributed by atoms with van der Waals surface area (Å²) in [5.74, 6) is 0.946. The minimum Gasteiger partial charge on any atom is -0.385 e. The number of alkyl halides is 1. The van der Waals surface area contributed by atoms with Gasteiger partial charge in [0.1, 0.15) is 0 Å². The van der Waals surface area contributed by atoms with E-state index in [9.17, 15) is 0 Å². The molecule has 0 heterocycles. The highest BCUT2D eigenvalue weighted by Crippen LogP contribution is 2.34. The topological polar surface area (TPSA) is 9.23 Å². The summed E-state index contributed by atoms with van der Waals surface area (Å²) < 4.78 is 5.02. The van der Waals surface area contributed by atoms with Crippen molar-refractivity contribution in [1.82, 2.24) is 0 Å². The Hall–Kier alpha value is 0.440. The lowest BCUT2D eigenvalue weighted by molar-refractivity contribution is 0.190. The summed E-state index contributed by atoms with van der Waals surface area (Å²) >= 11 is 3.74. The lowest BCUT2D eigenvalue weighted by atomic mass is 10.0. The molecule has 1 aliphatic carbocycles. The number of halogens is 1. The molecule has 72 valence electrons. The van der Waals surface area contributed by atoms with E-state index in [4.69, 9.17) is 4.74 Å². The van der Waals surface area contributed by atoms with E-state index in [1.807, 2.05) is 0 Å². The van der Waals surface area contributed by atoms with Gasteiger partial charge in [-0.15, -0.1) is 0 Å². The first-order chi connectivity index (χ1) is 5.84. The van der Waals surface area contributed by atoms with Crippen molar-refractivity contribution in [1.29, 1.82) is 0 Å². The Balaban J connectivity index is 1.98. The van der Waals surface area contributed by atoms with Gasteiger partial charge >= 0.3 is 0 Å². The maximum atomic E-state index is 5.02. The van der Waals surface area contributed by atoms with E-state index >= 15 is 0 Å². The molecular weight excluding hydrogens is 216 g/mol. The zero-order chi connectivity index (χ0) is 8.81. The quantitative estimate of drug-likeness (QED) is 0.524. The summed E-state index contributed by atoms with van der Waals surface area (Å²) in [6, 6.07) is 0. The van der Waals surface area contributed by atoms with Gasteiger partial charge in [0.05, 0.1) is 0 Å². The largest absolute Gasteiger partial charge is 0.385 e. The van der Waals surface area contributed by atoms with Gasteiger partial charge in [-0.25, -0.2) is 0 Å². The fraction of sp³-hybridized carbons (Fsp3) is 1.00. The lowest BCUT2D eigenvalue weighted by Gasteiger charge is -2.12. The maximum absolute atomic E-state index is 5.02. The van der Waals surface area contributed by atoms with Crippen LogP contribution in [0.5, 0.6) is 0 Å². The van der Waals surface area contributed by atoms with Crippen LogP contribution < -0.4 is 0 Å². The van der Waals surface area contributed by atoms with Gasteiger partial charge in [-0.1, -0.05) is 28.8 Å². The Morgan fingerprint density at radius 2 is 2.17 bits per heavy atom. The maximum Gasteiger partial charge on any atom is 0.0462 e. The molecule has 1 fully saturated rings. The van der Waals surface area contributed by atoms with Crippen LogP contribution in [0.25, 0.3) is 0 Å². The Kier molecular flexibility index (Phi) is 5.24. The summed E-state index contributed by atoms with van der Waals surface area (Å²) in [5.41, 5.74) is 0. The highest BCUT2D eigenvalue weighted by Gasteiger charge is 2.23. The zero-order valence-electron chi connectivity index (χ0n) is 7.89. The highest BCUT2D eigenvalue weighted by molar-refractivity contribution is 9.09. The molecule has 2 heteroatoms. The predicted octanol–water partition coefficient (Wildman–Crippen LogP) is 3.37. The van der Waals surface area contributed by atoms with Crippen LogP contribution in [0.15, 0.2) is 0 Å². The molecule has 0 bridgehead atoms. The summed E-state index contributed by atoms with van der Waals surface area (Å²) in [6.45, 7) is 0.930. The van der Waals surface area contributed by atoms with Crippen LogP contribution in [0.2, 0.25) is 0 Å². The van der Waals surface area contributed by atoms with E-state index in [2.05, 4.69) is 15.9 Å². The Bertz CT molecular complexity index is 116. The molecule has 0 radical (unpaired) electrons. The van der Waals surface area contributed by atoms with Crippen LogP contribution in [-0.2, 0) is 4.74 Å². The van der Waals surface area contributed by atoms with Crippen molar-refractivity contribution < 1.29 is 4.74 Å². The van der Waals surface area contributed by atoms with Crippen LogP contribution >= 0.6 is 15.9 Å². The minimum absolute atomic E-state index is 0.806. The molecule has 0 N–H and O–H groups in total. The van der Waals surface area contributed by atoms with Crippen molar-refractivity contribution in [3.05, 3.63) is 0 Å². The van der Waals surface area contributed by atoms with Gasteiger partial charge in [-0.2, -0.15) is 0 Å². The standard InChI is InChI=1S/C10H19BrO/c1-12-8-3-2-5-9-6-4-7-10(9)11/h9-10H,2-8H2,1H3. The summed E-state index contributed by atoms with van der Waals surface area (Å²) in [7, 11) is 1.78. The van der Waals surface area contributed by atoms with E-state index in [1.54, 1.807) is 7.11 Å². The third-order valence-electron chi connectivity index (χ3n) is 2.74. The van der Waals surface area contributed by atoms with Crippen molar-refractivity contribution in [3.8, 4) is 0 Å². The molecule has 0 amide bonds. The monoisotopic (exact) mass is 234 g/mol. The van der Waals surface area contributed by atoms with Gasteiger partial charge in [0.15, 0.2) is 0 Å². The highest BCUT2D eigenvalue weighted by atomic mass is 79.9. The molecule has 1 rings (SSSR count). The fourth-order valence-corrected chi connectivity index (χ4v) is 2.82. The first-order valence-corrected chi connectivity index (χ1v) is 5.89. The second-order valence-electron chi connectivity index (χ2n) is 3.70. The molecule has 1 saturated carbocycles. The van der Waals surface area contributed by atoms with E-state index in [-0.39, 0.29) is 0 Å². The third kappa shape index (κ3) is 3.44. The van der Waals surface area contributed by atoms with Crippen LogP contribution in [0.4, 0.5) is 0 Å². The normalized spacial score (nSPS) is 29.5. The van der Waals surface area contributed by atoms with Crippen molar-refractivity contribution in [2.24, 2.45) is 5.92 Å². The number of ether oxygens (including phenoxy) is 1. The van der Waals surface area contributed by atoms with E-state index < -0.39 is 0 Å². The predicted molar refractivity (Wildman–Crippen MR) is 55.8 cm³/mol. The van der Waals surface area contributed by atoms with Gasteiger partial charge in [0, 0.05) is 18.5 Å². The van der Waals surface area contributed by atoms with E-state index in [0.29, 0.717) is 0 Å². The van der Waals surface area contributed by atoms with Gasteiger partial charge in [0.25, 0.3) is 0 Å². The van der Waals surface area contributed by atoms with Crippen LogP contribution in [0.3, 0.4) is 0 Å². The fourth-order valence-electron chi connectivity index (χ4n) is 1.97. The Morgan fingerprint density at radius 3 is 2.75 bits per heavy atom. The van der Waals surface area contributed by atoms with E-state index in [1.165, 1.54) is 38.5 Å².